The van der Waals surface area contributed by atoms with Gasteiger partial charge in [0, 0.05) is 0 Å². The van der Waals surface area contributed by atoms with Gasteiger partial charge in [0.15, 0.2) is 0 Å². The lowest BCUT2D eigenvalue weighted by Crippen LogP contribution is -2.58. The molecule has 0 aromatic rings. The summed E-state index contributed by atoms with van der Waals surface area (Å²) in [4.78, 5) is 0. The molecule has 24 heavy (non-hydrogen) atoms. The van der Waals surface area contributed by atoms with Crippen LogP contribution in [-0.4, -0.2) is 10.7 Å². The van der Waals surface area contributed by atoms with Crippen molar-refractivity contribution in [2.75, 3.05) is 0 Å². The van der Waals surface area contributed by atoms with E-state index in [1.807, 2.05) is 0 Å². The van der Waals surface area contributed by atoms with Crippen molar-refractivity contribution in [2.45, 2.75) is 98.5 Å². The van der Waals surface area contributed by atoms with Gasteiger partial charge in [0.25, 0.3) is 0 Å². The molecule has 0 saturated heterocycles. The largest absolute Gasteiger partial charge is 0.390 e. The minimum atomic E-state index is -0.402. The number of fused-ring (bicyclic) bond motifs is 5. The Bertz CT molecular complexity index is 520. The Morgan fingerprint density at radius 2 is 1.54 bits per heavy atom. The summed E-state index contributed by atoms with van der Waals surface area (Å²) >= 11 is 0. The van der Waals surface area contributed by atoms with E-state index in [0.29, 0.717) is 16.2 Å². The van der Waals surface area contributed by atoms with Gasteiger partial charge in [-0.25, -0.2) is 0 Å². The van der Waals surface area contributed by atoms with Crippen LogP contribution in [-0.2, 0) is 0 Å². The van der Waals surface area contributed by atoms with Crippen molar-refractivity contribution >= 4 is 0 Å². The molecule has 1 N–H and O–H groups in total. The standard InChI is InChI=1S/C23H40O/c1-15-13-19-17(18-9-10-20(2,3)23(15,18)6)8-7-16-14-21(4,24)11-12-22(16,19)5/h15-19,24H,7-14H2,1-6H3. The molecule has 0 amide bonds. The summed E-state index contributed by atoms with van der Waals surface area (Å²) in [5, 5.41) is 10.6. The zero-order valence-corrected chi connectivity index (χ0v) is 17.0. The summed E-state index contributed by atoms with van der Waals surface area (Å²) in [5.74, 6) is 4.42. The van der Waals surface area contributed by atoms with Crippen molar-refractivity contribution in [3.63, 3.8) is 0 Å². The van der Waals surface area contributed by atoms with Crippen LogP contribution < -0.4 is 0 Å². The first-order valence-electron chi connectivity index (χ1n) is 10.7. The van der Waals surface area contributed by atoms with Crippen LogP contribution in [0.2, 0.25) is 0 Å². The summed E-state index contributed by atoms with van der Waals surface area (Å²) in [6, 6.07) is 0. The molecular formula is C23H40O. The Kier molecular flexibility index (Phi) is 3.64. The van der Waals surface area contributed by atoms with E-state index in [9.17, 15) is 5.11 Å². The molecule has 0 radical (unpaired) electrons. The predicted octanol–water partition coefficient (Wildman–Crippen LogP) is 6.05. The molecule has 4 fully saturated rings. The van der Waals surface area contributed by atoms with Gasteiger partial charge in [0.05, 0.1) is 5.60 Å². The highest BCUT2D eigenvalue weighted by atomic mass is 16.3. The van der Waals surface area contributed by atoms with Gasteiger partial charge in [-0.2, -0.15) is 0 Å². The van der Waals surface area contributed by atoms with Crippen molar-refractivity contribution < 1.29 is 5.11 Å². The van der Waals surface area contributed by atoms with Crippen LogP contribution >= 0.6 is 0 Å². The maximum Gasteiger partial charge on any atom is 0.0622 e. The number of rotatable bonds is 0. The zero-order chi connectivity index (χ0) is 17.5. The van der Waals surface area contributed by atoms with Crippen LogP contribution in [0, 0.1) is 45.8 Å². The second-order valence-corrected chi connectivity index (χ2v) is 11.7. The first-order chi connectivity index (χ1) is 11.0. The summed E-state index contributed by atoms with van der Waals surface area (Å²) in [7, 11) is 0. The van der Waals surface area contributed by atoms with Gasteiger partial charge in [-0.15, -0.1) is 0 Å². The highest BCUT2D eigenvalue weighted by Gasteiger charge is 2.64. The summed E-state index contributed by atoms with van der Waals surface area (Å²) in [6.07, 6.45) is 10.5. The summed E-state index contributed by atoms with van der Waals surface area (Å²) in [6.45, 7) is 15.0. The third-order valence-electron chi connectivity index (χ3n) is 10.5. The molecule has 4 rings (SSSR count). The maximum atomic E-state index is 10.6. The normalized spacial score (nSPS) is 59.4. The Hall–Kier alpha value is -0.0400. The molecule has 0 spiro atoms. The average Bonchev–Trinajstić information content (AvgIpc) is 2.73. The van der Waals surface area contributed by atoms with E-state index in [0.717, 1.165) is 42.4 Å². The fourth-order valence-corrected chi connectivity index (χ4v) is 8.44. The van der Waals surface area contributed by atoms with E-state index in [2.05, 4.69) is 41.5 Å². The third kappa shape index (κ3) is 2.09. The molecule has 138 valence electrons. The predicted molar refractivity (Wildman–Crippen MR) is 101 cm³/mol. The fraction of sp³-hybridized carbons (Fsp3) is 1.00. The number of hydrogen-bond donors (Lipinski definition) is 1. The molecule has 0 bridgehead atoms. The van der Waals surface area contributed by atoms with Gasteiger partial charge in [0.2, 0.25) is 0 Å². The van der Waals surface area contributed by atoms with Gasteiger partial charge in [-0.3, -0.25) is 0 Å². The van der Waals surface area contributed by atoms with E-state index >= 15 is 0 Å². The van der Waals surface area contributed by atoms with Crippen molar-refractivity contribution in [3.05, 3.63) is 0 Å². The maximum absolute atomic E-state index is 10.6. The Morgan fingerprint density at radius 1 is 0.833 bits per heavy atom. The highest BCUT2D eigenvalue weighted by Crippen LogP contribution is 2.72. The monoisotopic (exact) mass is 332 g/mol. The zero-order valence-electron chi connectivity index (χ0n) is 17.0. The molecule has 4 aliphatic carbocycles. The lowest BCUT2D eigenvalue weighted by molar-refractivity contribution is -0.168. The Balaban J connectivity index is 1.67. The molecule has 8 unspecified atom stereocenters. The topological polar surface area (TPSA) is 20.2 Å². The summed E-state index contributed by atoms with van der Waals surface area (Å²) < 4.78 is 0. The molecular weight excluding hydrogens is 292 g/mol. The Morgan fingerprint density at radius 3 is 2.25 bits per heavy atom. The van der Waals surface area contributed by atoms with Crippen molar-refractivity contribution in [2.24, 2.45) is 45.8 Å². The van der Waals surface area contributed by atoms with Gasteiger partial charge in [-0.1, -0.05) is 34.6 Å². The second-order valence-electron chi connectivity index (χ2n) is 11.7. The van der Waals surface area contributed by atoms with E-state index in [1.165, 1.54) is 38.5 Å². The molecule has 0 aromatic heterocycles. The van der Waals surface area contributed by atoms with Crippen molar-refractivity contribution in [3.8, 4) is 0 Å². The van der Waals surface area contributed by atoms with E-state index < -0.39 is 5.60 Å². The molecule has 0 heterocycles. The van der Waals surface area contributed by atoms with Crippen LogP contribution in [0.4, 0.5) is 0 Å². The van der Waals surface area contributed by atoms with Gasteiger partial charge < -0.3 is 5.11 Å². The van der Waals surface area contributed by atoms with E-state index in [-0.39, 0.29) is 0 Å². The average molecular weight is 333 g/mol. The van der Waals surface area contributed by atoms with Crippen LogP contribution in [0.25, 0.3) is 0 Å². The fourth-order valence-electron chi connectivity index (χ4n) is 8.44. The second kappa shape index (κ2) is 5.02. The van der Waals surface area contributed by atoms with Gasteiger partial charge >= 0.3 is 0 Å². The molecule has 1 heteroatoms. The van der Waals surface area contributed by atoms with Crippen LogP contribution in [0.15, 0.2) is 0 Å². The lowest BCUT2D eigenvalue weighted by atomic mass is 9.41. The van der Waals surface area contributed by atoms with Crippen LogP contribution in [0.5, 0.6) is 0 Å². The highest BCUT2D eigenvalue weighted by molar-refractivity contribution is 5.13. The van der Waals surface area contributed by atoms with Gasteiger partial charge in [-0.05, 0) is 104 Å². The first-order valence-corrected chi connectivity index (χ1v) is 10.7. The van der Waals surface area contributed by atoms with Gasteiger partial charge in [0.1, 0.15) is 0 Å². The molecule has 8 atom stereocenters. The van der Waals surface area contributed by atoms with Crippen LogP contribution in [0.3, 0.4) is 0 Å². The lowest BCUT2D eigenvalue weighted by Gasteiger charge is -2.64. The van der Waals surface area contributed by atoms with E-state index in [4.69, 9.17) is 0 Å². The first kappa shape index (κ1) is 17.4. The molecule has 0 aliphatic heterocycles. The number of aliphatic hydroxyl groups is 1. The van der Waals surface area contributed by atoms with Crippen LogP contribution in [0.1, 0.15) is 92.9 Å². The molecule has 4 aliphatic rings. The molecule has 0 aromatic carbocycles. The molecule has 1 nitrogen and oxygen atoms in total. The quantitative estimate of drug-likeness (QED) is 0.572. The number of hydrogen-bond acceptors (Lipinski definition) is 1. The van der Waals surface area contributed by atoms with Crippen molar-refractivity contribution in [1.29, 1.82) is 0 Å². The SMILES string of the molecule is CC1CC2C(CCC3CC(C)(O)CCC32C)C2CCC(C)(C)C12C. The minimum absolute atomic E-state index is 0.402. The minimum Gasteiger partial charge on any atom is -0.390 e. The smallest absolute Gasteiger partial charge is 0.0622 e. The van der Waals surface area contributed by atoms with Crippen molar-refractivity contribution in [1.82, 2.24) is 0 Å². The molecule has 4 saturated carbocycles. The summed E-state index contributed by atoms with van der Waals surface area (Å²) in [5.41, 5.74) is 1.14. The van der Waals surface area contributed by atoms with E-state index in [1.54, 1.807) is 0 Å². The Labute approximate surface area is 150 Å². The third-order valence-corrected chi connectivity index (χ3v) is 10.5.